The largest absolute Gasteiger partial charge is 0.368 e. The van der Waals surface area contributed by atoms with Crippen molar-refractivity contribution >= 4 is 70.3 Å². The number of H-pyrrole nitrogens is 2. The Morgan fingerprint density at radius 1 is 0.570 bits per heavy atom. The van der Waals surface area contributed by atoms with Gasteiger partial charge in [0.05, 0.1) is 6.33 Å². The van der Waals surface area contributed by atoms with E-state index in [9.17, 15) is 43.2 Å². The van der Waals surface area contributed by atoms with Crippen LogP contribution in [0.5, 0.6) is 0 Å². The first-order valence-electron chi connectivity index (χ1n) is 30.8. The number of carbonyl (C=O) groups is 9. The summed E-state index contributed by atoms with van der Waals surface area (Å²) in [6.45, 7) is 6.23. The van der Waals surface area contributed by atoms with Crippen LogP contribution >= 0.6 is 0 Å². The molecule has 15 N–H and O–H groups in total. The van der Waals surface area contributed by atoms with Crippen LogP contribution in [0.3, 0.4) is 0 Å². The molecule has 9 amide bonds. The molecule has 0 saturated heterocycles. The number of aromatic nitrogens is 3. The molecule has 86 heavy (non-hydrogen) atoms. The van der Waals surface area contributed by atoms with Gasteiger partial charge in [0.1, 0.15) is 49.0 Å². The number of primary amides is 1. The van der Waals surface area contributed by atoms with Crippen molar-refractivity contribution in [2.45, 2.75) is 198 Å². The van der Waals surface area contributed by atoms with Gasteiger partial charge in [-0.05, 0) is 69.2 Å². The summed E-state index contributed by atoms with van der Waals surface area (Å²) in [6, 6.07) is 9.13. The van der Waals surface area contributed by atoms with E-state index in [-0.39, 0.29) is 44.6 Å². The van der Waals surface area contributed by atoms with E-state index in [1.54, 1.807) is 36.5 Å². The number of aromatic amines is 2. The Hall–Kier alpha value is -8.15. The zero-order chi connectivity index (χ0) is 62.3. The number of unbranched alkanes of at least 4 members (excludes halogenated alkanes) is 12. The molecule has 4 aromatic rings. The number of nitrogens with one attached hydrogen (secondary N) is 11. The lowest BCUT2D eigenvalue weighted by Crippen LogP contribution is -2.60. The number of imidazole rings is 1. The van der Waals surface area contributed by atoms with E-state index in [4.69, 9.17) is 11.5 Å². The van der Waals surface area contributed by atoms with Crippen LogP contribution in [0.1, 0.15) is 160 Å². The zero-order valence-corrected chi connectivity index (χ0v) is 50.6. The Bertz CT molecular complexity index is 2720. The summed E-state index contributed by atoms with van der Waals surface area (Å²) in [4.78, 5) is 131. The molecule has 24 heteroatoms. The number of amides is 9. The number of carbonyl (C=O) groups excluding carboxylic acids is 9. The van der Waals surface area contributed by atoms with Gasteiger partial charge in [-0.25, -0.2) is 4.98 Å². The fourth-order valence-corrected chi connectivity index (χ4v) is 9.64. The Morgan fingerprint density at radius 3 is 1.83 bits per heavy atom. The van der Waals surface area contributed by atoms with Gasteiger partial charge in [0, 0.05) is 67.8 Å². The van der Waals surface area contributed by atoms with Crippen LogP contribution in [0.25, 0.3) is 10.9 Å². The van der Waals surface area contributed by atoms with Crippen molar-refractivity contribution < 1.29 is 43.2 Å². The fourth-order valence-electron chi connectivity index (χ4n) is 9.64. The number of hydrogen-bond donors (Lipinski definition) is 13. The Labute approximate surface area is 505 Å². The number of nitrogens with two attached hydrogens (primary N) is 2. The number of hydrogen-bond acceptors (Lipinski definition) is 13. The molecule has 472 valence electrons. The summed E-state index contributed by atoms with van der Waals surface area (Å²) in [6.07, 6.45) is 22.5. The van der Waals surface area contributed by atoms with Crippen LogP contribution in [0, 0.1) is 0 Å². The molecule has 0 radical (unpaired) electrons. The van der Waals surface area contributed by atoms with Gasteiger partial charge in [0.25, 0.3) is 5.91 Å². The number of benzene rings is 2. The molecule has 0 aliphatic rings. The van der Waals surface area contributed by atoms with Crippen LogP contribution in [0.4, 0.5) is 0 Å². The van der Waals surface area contributed by atoms with E-state index < -0.39 is 83.5 Å². The third kappa shape index (κ3) is 27.7. The van der Waals surface area contributed by atoms with Gasteiger partial charge in [-0.2, -0.15) is 5.10 Å². The van der Waals surface area contributed by atoms with Crippen LogP contribution in [0.2, 0.25) is 0 Å². The second-order valence-corrected chi connectivity index (χ2v) is 21.8. The Kier molecular flexibility index (Phi) is 33.5. The smallest absolute Gasteiger partial charge is 0.264 e. The van der Waals surface area contributed by atoms with Gasteiger partial charge in [-0.3, -0.25) is 43.2 Å². The summed E-state index contributed by atoms with van der Waals surface area (Å²) < 4.78 is 0. The summed E-state index contributed by atoms with van der Waals surface area (Å²) in [5.41, 5.74) is 16.8. The molecule has 24 nitrogen and oxygen atoms in total. The molecule has 0 aliphatic carbocycles. The summed E-state index contributed by atoms with van der Waals surface area (Å²) in [7, 11) is 0. The normalized spacial score (nSPS) is 13.3. The molecule has 0 aliphatic heterocycles. The first kappa shape index (κ1) is 70.3. The van der Waals surface area contributed by atoms with E-state index in [0.29, 0.717) is 69.4 Å². The molecule has 2 heterocycles. The topological polar surface area (TPSA) is 371 Å². The summed E-state index contributed by atoms with van der Waals surface area (Å²) >= 11 is 0. The maximum Gasteiger partial charge on any atom is 0.264 e. The quantitative estimate of drug-likeness (QED) is 0.0172. The minimum Gasteiger partial charge on any atom is -0.368 e. The van der Waals surface area contributed by atoms with Crippen molar-refractivity contribution in [1.29, 1.82) is 0 Å². The molecule has 4 rings (SSSR count). The second kappa shape index (κ2) is 41.0. The molecular formula is C62H95N15O9. The minimum atomic E-state index is -1.33. The number of fused-ring (bicyclic) bond motifs is 1. The summed E-state index contributed by atoms with van der Waals surface area (Å²) in [5.74, 6) is -5.48. The van der Waals surface area contributed by atoms with Crippen LogP contribution in [-0.2, 0) is 62.4 Å². The maximum absolute atomic E-state index is 14.5. The van der Waals surface area contributed by atoms with Crippen LogP contribution < -0.4 is 59.4 Å². The van der Waals surface area contributed by atoms with E-state index >= 15 is 0 Å². The molecule has 0 unspecified atom stereocenters. The average Bonchev–Trinajstić information content (AvgIpc) is 2.76. The average molecular weight is 1190 g/mol. The van der Waals surface area contributed by atoms with E-state index in [0.717, 1.165) is 41.9 Å². The van der Waals surface area contributed by atoms with Crippen LogP contribution in [0.15, 0.2) is 78.4 Å². The number of hydrazone groups is 1. The SMILES string of the molecule is CCCCCCCCCCCCCC(=O)NCCCNC(=O)/C=N/NCC(=O)N[C@@H](CCCC)C(=O)N[C@@H](C)C(=O)N[C@@H](Cc1cnc[nH]1)C(=O)N[C@H](Cc1ccccc1)C(=O)N[C@@H](CCCCN)C(=O)N[C@@H](Cc1c[nH]c2ccccc12)C(N)=O. The Balaban J connectivity index is 1.30. The maximum atomic E-state index is 14.5. The third-order valence-electron chi connectivity index (χ3n) is 14.6. The number of nitrogens with zero attached hydrogens (tertiary/aromatic N) is 2. The standard InChI is InChI=1S/C62H95N15O9/c1-4-6-8-9-10-11-12-13-14-15-19-31-54(78)66-33-24-34-67-55(79)40-70-71-41-56(80)73-49(28-7-5-2)59(83)72-43(3)58(82)76-53(37-46-39-65-42-69-46)62(86)77-52(35-44-25-17-16-18-26-44)61(85)74-50(30-22-23-32-63)60(84)75-51(57(64)81)36-45-38-68-48-29-21-20-27-47(45)48/h16-18,20-21,25-27,29,38-40,42-43,49-53,68,71H,4-15,19,22-24,28,30-37,41,63H2,1-3H3,(H2,64,81)(H,65,69)(H,66,78)(H,67,79)(H,72,83)(H,73,80)(H,74,85)(H,75,84)(H,76,82)(H,77,86)/b70-40+/t43-,49-,50-,51-,52+,53-/m0/s1. The monoisotopic (exact) mass is 1190 g/mol. The lowest BCUT2D eigenvalue weighted by atomic mass is 10.0. The van der Waals surface area contributed by atoms with Crippen molar-refractivity contribution in [2.24, 2.45) is 16.6 Å². The van der Waals surface area contributed by atoms with E-state index in [1.807, 2.05) is 31.2 Å². The highest BCUT2D eigenvalue weighted by Gasteiger charge is 2.33. The van der Waals surface area contributed by atoms with Gasteiger partial charge in [0.15, 0.2) is 0 Å². The third-order valence-corrected chi connectivity index (χ3v) is 14.6. The first-order valence-corrected chi connectivity index (χ1v) is 30.8. The first-order chi connectivity index (χ1) is 41.6. The van der Waals surface area contributed by atoms with Gasteiger partial charge in [-0.1, -0.05) is 139 Å². The highest BCUT2D eigenvalue weighted by molar-refractivity contribution is 6.26. The predicted octanol–water partition coefficient (Wildman–Crippen LogP) is 3.55. The second-order valence-electron chi connectivity index (χ2n) is 21.8. The summed E-state index contributed by atoms with van der Waals surface area (Å²) in [5, 5.41) is 26.6. The van der Waals surface area contributed by atoms with Crippen LogP contribution in [-0.4, -0.2) is 137 Å². The molecule has 6 atom stereocenters. The lowest BCUT2D eigenvalue weighted by Gasteiger charge is -2.27. The molecule has 0 fully saturated rings. The highest BCUT2D eigenvalue weighted by Crippen LogP contribution is 2.20. The van der Waals surface area contributed by atoms with Crippen molar-refractivity contribution in [3.8, 4) is 0 Å². The molecule has 2 aromatic heterocycles. The predicted molar refractivity (Wildman–Crippen MR) is 332 cm³/mol. The van der Waals surface area contributed by atoms with Crippen molar-refractivity contribution in [3.63, 3.8) is 0 Å². The van der Waals surface area contributed by atoms with Gasteiger partial charge >= 0.3 is 0 Å². The Morgan fingerprint density at radius 2 is 1.15 bits per heavy atom. The molecule has 0 bridgehead atoms. The zero-order valence-electron chi connectivity index (χ0n) is 50.6. The number of rotatable bonds is 45. The number of para-hydroxylation sites is 1. The van der Waals surface area contributed by atoms with Gasteiger partial charge in [0.2, 0.25) is 47.3 Å². The molecular weight excluding hydrogens is 1100 g/mol. The van der Waals surface area contributed by atoms with Crippen molar-refractivity contribution in [2.75, 3.05) is 26.2 Å². The van der Waals surface area contributed by atoms with Gasteiger partial charge in [-0.15, -0.1) is 0 Å². The van der Waals surface area contributed by atoms with Crippen molar-refractivity contribution in [3.05, 3.63) is 90.1 Å². The van der Waals surface area contributed by atoms with E-state index in [2.05, 4.69) is 74.9 Å². The molecule has 0 saturated carbocycles. The van der Waals surface area contributed by atoms with Crippen molar-refractivity contribution in [1.82, 2.24) is 62.9 Å². The minimum absolute atomic E-state index is 0.00247. The van der Waals surface area contributed by atoms with E-state index in [1.165, 1.54) is 70.8 Å². The lowest BCUT2D eigenvalue weighted by molar-refractivity contribution is -0.135. The highest BCUT2D eigenvalue weighted by atomic mass is 16.2. The molecule has 2 aromatic carbocycles. The fraction of sp³-hybridized carbons (Fsp3) is 0.565. The van der Waals surface area contributed by atoms with Gasteiger partial charge < -0.3 is 69.4 Å². The molecule has 0 spiro atoms.